The summed E-state index contributed by atoms with van der Waals surface area (Å²) in [6.07, 6.45) is -4.56. The lowest BCUT2D eigenvalue weighted by Gasteiger charge is -2.21. The molecule has 0 saturated heterocycles. The third kappa shape index (κ3) is 4.93. The molecule has 1 unspecified atom stereocenters. The van der Waals surface area contributed by atoms with E-state index in [0.717, 1.165) is 29.7 Å². The van der Waals surface area contributed by atoms with E-state index in [-0.39, 0.29) is 10.6 Å². The summed E-state index contributed by atoms with van der Waals surface area (Å²) in [5.41, 5.74) is -0.581. The number of aryl methyl sites for hydroxylation is 1. The largest absolute Gasteiger partial charge is 0.416 e. The number of aliphatic hydroxyl groups excluding tert-OH is 1. The Morgan fingerprint density at radius 1 is 1.20 bits per heavy atom. The quantitative estimate of drug-likeness (QED) is 0.569. The Morgan fingerprint density at radius 2 is 1.83 bits per heavy atom. The number of nitrogens with one attached hydrogen (secondary N) is 1. The van der Waals surface area contributed by atoms with Crippen molar-refractivity contribution in [1.29, 1.82) is 0 Å². The Labute approximate surface area is 170 Å². The molecule has 12 heteroatoms. The smallest absolute Gasteiger partial charge is 0.381 e. The van der Waals surface area contributed by atoms with Crippen molar-refractivity contribution in [3.8, 4) is 10.6 Å². The number of aromatic amines is 1. The number of benzene rings is 1. The molecule has 0 aliphatic heterocycles. The highest BCUT2D eigenvalue weighted by molar-refractivity contribution is 7.15. The number of H-pyrrole nitrogens is 1. The lowest BCUT2D eigenvalue weighted by molar-refractivity contribution is -0.137. The van der Waals surface area contributed by atoms with Crippen molar-refractivity contribution in [1.82, 2.24) is 15.4 Å². The van der Waals surface area contributed by atoms with Crippen LogP contribution in [0.3, 0.4) is 0 Å². The molecule has 3 aromatic rings. The summed E-state index contributed by atoms with van der Waals surface area (Å²) >= 11 is 0.884. The fourth-order valence-electron chi connectivity index (χ4n) is 2.63. The fourth-order valence-corrected chi connectivity index (χ4v) is 3.74. The number of aromatic nitrogens is 3. The zero-order chi connectivity index (χ0) is 22.1. The summed E-state index contributed by atoms with van der Waals surface area (Å²) in [4.78, 5) is 14.0. The number of thiazole rings is 1. The third-order valence-electron chi connectivity index (χ3n) is 4.40. The van der Waals surface area contributed by atoms with Gasteiger partial charge in [0.25, 0.3) is 5.92 Å². The third-order valence-corrected chi connectivity index (χ3v) is 5.65. The zero-order valence-electron chi connectivity index (χ0n) is 15.4. The first-order valence-electron chi connectivity index (χ1n) is 8.70. The fraction of sp³-hybridized carbons (Fsp3) is 0.389. The number of hydrogen-bond donors (Lipinski definition) is 2. The maximum Gasteiger partial charge on any atom is 0.416 e. The Hall–Kier alpha value is -2.60. The van der Waals surface area contributed by atoms with Gasteiger partial charge < -0.3 is 9.63 Å². The van der Waals surface area contributed by atoms with Crippen molar-refractivity contribution < 1.29 is 31.6 Å². The van der Waals surface area contributed by atoms with Gasteiger partial charge in [-0.05, 0) is 31.9 Å². The first-order valence-corrected chi connectivity index (χ1v) is 9.51. The van der Waals surface area contributed by atoms with Crippen LogP contribution in [-0.2, 0) is 6.18 Å². The summed E-state index contributed by atoms with van der Waals surface area (Å²) in [5.74, 6) is -4.03. The maximum atomic E-state index is 14.1. The molecule has 0 radical (unpaired) electrons. The van der Waals surface area contributed by atoms with Gasteiger partial charge in [0.15, 0.2) is 6.10 Å². The topological polar surface area (TPSA) is 92.0 Å². The molecule has 0 bridgehead atoms. The SMILES string of the molecule is Cc1nc(-c2ccc(C(F)(F)F)cc2)sc1C(O)C(F)(F)C1CC1.O=c1cn[nH]o1. The lowest BCUT2D eigenvalue weighted by atomic mass is 10.1. The molecule has 2 N–H and O–H groups in total. The summed E-state index contributed by atoms with van der Waals surface area (Å²) in [5, 5.41) is 15.5. The molecule has 1 aromatic carbocycles. The van der Waals surface area contributed by atoms with Crippen LogP contribution in [0.2, 0.25) is 0 Å². The summed E-state index contributed by atoms with van der Waals surface area (Å²) in [7, 11) is 0. The number of halogens is 5. The van der Waals surface area contributed by atoms with Crippen LogP contribution in [0, 0.1) is 12.8 Å². The van der Waals surface area contributed by atoms with E-state index in [2.05, 4.69) is 14.6 Å². The molecular weight excluding hydrogens is 433 g/mol. The molecule has 1 saturated carbocycles. The normalized spacial score (nSPS) is 15.4. The number of hydrogen-bond acceptors (Lipinski definition) is 6. The molecule has 1 fully saturated rings. The van der Waals surface area contributed by atoms with Crippen LogP contribution in [0.25, 0.3) is 10.6 Å². The van der Waals surface area contributed by atoms with E-state index >= 15 is 0 Å². The lowest BCUT2D eigenvalue weighted by Crippen LogP contribution is -2.28. The van der Waals surface area contributed by atoms with Crippen molar-refractivity contribution in [3.05, 3.63) is 57.0 Å². The summed E-state index contributed by atoms with van der Waals surface area (Å²) in [6.45, 7) is 1.51. The molecule has 1 atom stereocenters. The van der Waals surface area contributed by atoms with Crippen molar-refractivity contribution in [2.45, 2.75) is 38.0 Å². The van der Waals surface area contributed by atoms with Crippen LogP contribution < -0.4 is 5.63 Å². The number of aliphatic hydroxyl groups is 1. The standard InChI is InChI=1S/C16H14F5NOS.C2H2N2O2/c1-8-12(13(23)15(17,18)10-6-7-10)24-14(22-8)9-2-4-11(5-3-9)16(19,20)21;5-2-1-3-4-6-2/h2-5,10,13,23H,6-7H2,1H3;1,4H. The highest BCUT2D eigenvalue weighted by Gasteiger charge is 2.53. The van der Waals surface area contributed by atoms with E-state index in [9.17, 15) is 31.9 Å². The van der Waals surface area contributed by atoms with E-state index in [1.165, 1.54) is 19.1 Å². The Morgan fingerprint density at radius 3 is 2.27 bits per heavy atom. The van der Waals surface area contributed by atoms with Gasteiger partial charge in [-0.1, -0.05) is 12.1 Å². The van der Waals surface area contributed by atoms with Crippen LogP contribution in [-0.4, -0.2) is 26.4 Å². The van der Waals surface area contributed by atoms with Crippen LogP contribution in [0.15, 0.2) is 39.8 Å². The van der Waals surface area contributed by atoms with E-state index in [0.29, 0.717) is 23.4 Å². The average Bonchev–Trinajstić information content (AvgIpc) is 3.34. The highest BCUT2D eigenvalue weighted by Crippen LogP contribution is 2.51. The van der Waals surface area contributed by atoms with Gasteiger partial charge in [-0.2, -0.15) is 13.2 Å². The highest BCUT2D eigenvalue weighted by atomic mass is 32.1. The second-order valence-corrected chi connectivity index (χ2v) is 7.70. The van der Waals surface area contributed by atoms with Gasteiger partial charge in [0, 0.05) is 11.5 Å². The minimum Gasteiger partial charge on any atom is -0.381 e. The van der Waals surface area contributed by atoms with Crippen LogP contribution in [0.5, 0.6) is 0 Å². The second-order valence-electron chi connectivity index (χ2n) is 6.67. The van der Waals surface area contributed by atoms with Gasteiger partial charge in [-0.15, -0.1) is 21.7 Å². The van der Waals surface area contributed by atoms with E-state index < -0.39 is 35.3 Å². The second kappa shape index (κ2) is 8.26. The number of rotatable bonds is 4. The Balaban J connectivity index is 0.000000367. The molecule has 2 aromatic heterocycles. The molecule has 162 valence electrons. The van der Waals surface area contributed by atoms with Crippen LogP contribution in [0.4, 0.5) is 22.0 Å². The first kappa shape index (κ1) is 22.1. The number of alkyl halides is 5. The number of nitrogens with zero attached hydrogens (tertiary/aromatic N) is 2. The van der Waals surface area contributed by atoms with E-state index in [4.69, 9.17) is 0 Å². The molecule has 6 nitrogen and oxygen atoms in total. The van der Waals surface area contributed by atoms with Gasteiger partial charge in [-0.3, -0.25) is 0 Å². The minimum absolute atomic E-state index is 0.0572. The molecule has 1 aliphatic rings. The van der Waals surface area contributed by atoms with Crippen molar-refractivity contribution >= 4 is 11.3 Å². The van der Waals surface area contributed by atoms with Gasteiger partial charge in [0.05, 0.1) is 16.1 Å². The van der Waals surface area contributed by atoms with Gasteiger partial charge >= 0.3 is 11.8 Å². The zero-order valence-corrected chi connectivity index (χ0v) is 16.2. The predicted molar refractivity (Wildman–Crippen MR) is 97.0 cm³/mol. The van der Waals surface area contributed by atoms with Gasteiger partial charge in [0.2, 0.25) is 0 Å². The van der Waals surface area contributed by atoms with Crippen LogP contribution >= 0.6 is 11.3 Å². The van der Waals surface area contributed by atoms with E-state index in [1.54, 1.807) is 0 Å². The first-order chi connectivity index (χ1) is 14.0. The van der Waals surface area contributed by atoms with Crippen LogP contribution in [0.1, 0.15) is 35.1 Å². The van der Waals surface area contributed by atoms with Crippen molar-refractivity contribution in [2.24, 2.45) is 5.92 Å². The Kier molecular flexibility index (Phi) is 6.09. The summed E-state index contributed by atoms with van der Waals surface area (Å²) < 4.78 is 69.9. The Bertz CT molecular complexity index is 1020. The molecule has 1 aliphatic carbocycles. The molecule has 0 amide bonds. The monoisotopic (exact) mass is 449 g/mol. The molecular formula is C18H16F5N3O3S. The molecule has 2 heterocycles. The van der Waals surface area contributed by atoms with Gasteiger partial charge in [0.1, 0.15) is 11.2 Å². The van der Waals surface area contributed by atoms with Crippen molar-refractivity contribution in [2.75, 3.05) is 0 Å². The minimum atomic E-state index is -4.44. The van der Waals surface area contributed by atoms with Crippen molar-refractivity contribution in [3.63, 3.8) is 0 Å². The average molecular weight is 449 g/mol. The van der Waals surface area contributed by atoms with E-state index in [1.807, 2.05) is 5.27 Å². The summed E-state index contributed by atoms with van der Waals surface area (Å²) in [6, 6.07) is 4.33. The molecule has 0 spiro atoms. The van der Waals surface area contributed by atoms with Gasteiger partial charge in [-0.25, -0.2) is 18.6 Å². The molecule has 4 rings (SSSR count). The maximum absolute atomic E-state index is 14.1. The molecule has 30 heavy (non-hydrogen) atoms. The predicted octanol–water partition coefficient (Wildman–Crippen LogP) is 4.58.